The first-order valence-corrected chi connectivity index (χ1v) is 9.36. The second-order valence-electron chi connectivity index (χ2n) is 8.70. The van der Waals surface area contributed by atoms with E-state index in [-0.39, 0.29) is 29.3 Å². The van der Waals surface area contributed by atoms with Crippen molar-refractivity contribution in [1.82, 2.24) is 0 Å². The Bertz CT molecular complexity index is 619. The Morgan fingerprint density at radius 2 is 1.96 bits per heavy atom. The molecule has 2 saturated carbocycles. The number of rotatable bonds is 3. The first-order valence-electron chi connectivity index (χ1n) is 9.36. The van der Waals surface area contributed by atoms with Gasteiger partial charge >= 0.3 is 0 Å². The molecule has 132 valence electrons. The summed E-state index contributed by atoms with van der Waals surface area (Å²) in [5.74, 6) is 0.738. The van der Waals surface area contributed by atoms with Gasteiger partial charge in [0.25, 0.3) is 0 Å². The largest absolute Gasteiger partial charge is 0.298 e. The standard InChI is InChI=1S/C20H30N2O2/c1-12(2)10-15-11-14(4)16-7-6-13(3)17(23)20(15,16)18(24)19(5)8-9-21-22-19/h10,13-16H,6-9,11H2,1-5H3/t13-,14-,15+,16+,19-,20+/m0/s1. The van der Waals surface area contributed by atoms with Crippen molar-refractivity contribution in [3.63, 3.8) is 0 Å². The maximum atomic E-state index is 13.8. The highest BCUT2D eigenvalue weighted by Gasteiger charge is 2.67. The molecule has 0 amide bonds. The van der Waals surface area contributed by atoms with Gasteiger partial charge in [0.15, 0.2) is 5.78 Å². The molecule has 3 rings (SSSR count). The molecule has 0 aromatic rings. The molecule has 0 bridgehead atoms. The lowest BCUT2D eigenvalue weighted by Crippen LogP contribution is -2.58. The first-order chi connectivity index (χ1) is 11.2. The van der Waals surface area contributed by atoms with Crippen LogP contribution in [0.4, 0.5) is 0 Å². The van der Waals surface area contributed by atoms with Crippen molar-refractivity contribution in [3.05, 3.63) is 11.6 Å². The van der Waals surface area contributed by atoms with Gasteiger partial charge in [-0.3, -0.25) is 9.59 Å². The van der Waals surface area contributed by atoms with Crippen LogP contribution in [0, 0.1) is 29.1 Å². The van der Waals surface area contributed by atoms with E-state index in [2.05, 4.69) is 37.1 Å². The molecule has 0 spiro atoms. The number of fused-ring (bicyclic) bond motifs is 1. The minimum Gasteiger partial charge on any atom is -0.298 e. The van der Waals surface area contributed by atoms with E-state index < -0.39 is 11.0 Å². The Morgan fingerprint density at radius 3 is 2.54 bits per heavy atom. The Kier molecular flexibility index (Phi) is 4.29. The summed E-state index contributed by atoms with van der Waals surface area (Å²) in [6.07, 6.45) is 5.62. The molecule has 1 heterocycles. The number of carbonyl (C=O) groups excluding carboxylic acids is 2. The summed E-state index contributed by atoms with van der Waals surface area (Å²) in [5, 5.41) is 8.39. The van der Waals surface area contributed by atoms with Gasteiger partial charge < -0.3 is 0 Å². The molecule has 3 aliphatic rings. The SMILES string of the molecule is CC(C)=C[C@@H]1C[C@H](C)[C@H]2CC[C@H](C)C(=O)[C@@]12C(=O)[C@]1(C)CCN=N1. The van der Waals surface area contributed by atoms with Crippen LogP contribution in [-0.2, 0) is 9.59 Å². The maximum Gasteiger partial charge on any atom is 0.176 e. The van der Waals surface area contributed by atoms with E-state index >= 15 is 0 Å². The van der Waals surface area contributed by atoms with Crippen LogP contribution >= 0.6 is 0 Å². The normalized spacial score (nSPS) is 44.5. The lowest BCUT2D eigenvalue weighted by Gasteiger charge is -2.45. The van der Waals surface area contributed by atoms with Gasteiger partial charge in [-0.15, -0.1) is 0 Å². The van der Waals surface area contributed by atoms with Gasteiger partial charge in [-0.25, -0.2) is 0 Å². The van der Waals surface area contributed by atoms with Crippen molar-refractivity contribution in [2.24, 2.45) is 39.3 Å². The minimum absolute atomic E-state index is 0.0119. The molecule has 2 fully saturated rings. The van der Waals surface area contributed by atoms with E-state index in [0.29, 0.717) is 18.9 Å². The summed E-state index contributed by atoms with van der Waals surface area (Å²) in [6.45, 7) is 10.8. The van der Waals surface area contributed by atoms with Gasteiger partial charge in [0, 0.05) is 12.3 Å². The number of azo groups is 1. The number of hydrogen-bond donors (Lipinski definition) is 0. The molecule has 0 N–H and O–H groups in total. The second kappa shape index (κ2) is 5.89. The van der Waals surface area contributed by atoms with Gasteiger partial charge in [-0.05, 0) is 57.8 Å². The first kappa shape index (κ1) is 17.5. The van der Waals surface area contributed by atoms with E-state index in [4.69, 9.17) is 0 Å². The molecule has 1 aliphatic heterocycles. The molecular formula is C20H30N2O2. The molecule has 0 aromatic heterocycles. The Morgan fingerprint density at radius 1 is 1.25 bits per heavy atom. The summed E-state index contributed by atoms with van der Waals surface area (Å²) in [5.41, 5.74) is -0.515. The fourth-order valence-electron chi connectivity index (χ4n) is 5.50. The minimum atomic E-state index is -0.882. The molecular weight excluding hydrogens is 300 g/mol. The average molecular weight is 330 g/mol. The van der Waals surface area contributed by atoms with Crippen molar-refractivity contribution in [3.8, 4) is 0 Å². The molecule has 4 heteroatoms. The summed E-state index contributed by atoms with van der Waals surface area (Å²) in [4.78, 5) is 27.3. The van der Waals surface area contributed by atoms with Gasteiger partial charge in [0.1, 0.15) is 11.3 Å². The van der Waals surface area contributed by atoms with E-state index in [1.165, 1.54) is 5.57 Å². The zero-order valence-corrected chi connectivity index (χ0v) is 15.6. The molecule has 24 heavy (non-hydrogen) atoms. The molecule has 0 radical (unpaired) electrons. The van der Waals surface area contributed by atoms with Crippen LogP contribution in [-0.4, -0.2) is 23.7 Å². The van der Waals surface area contributed by atoms with Crippen LogP contribution in [0.5, 0.6) is 0 Å². The topological polar surface area (TPSA) is 58.9 Å². The van der Waals surface area contributed by atoms with Crippen LogP contribution in [0.15, 0.2) is 21.9 Å². The molecule has 6 atom stereocenters. The lowest BCUT2D eigenvalue weighted by molar-refractivity contribution is -0.154. The zero-order valence-electron chi connectivity index (χ0n) is 15.6. The van der Waals surface area contributed by atoms with Crippen LogP contribution in [0.2, 0.25) is 0 Å². The molecule has 0 unspecified atom stereocenters. The van der Waals surface area contributed by atoms with Crippen LogP contribution in [0.3, 0.4) is 0 Å². The van der Waals surface area contributed by atoms with Gasteiger partial charge in [0.05, 0.1) is 12.0 Å². The fourth-order valence-corrected chi connectivity index (χ4v) is 5.50. The summed E-state index contributed by atoms with van der Waals surface area (Å²) in [6, 6.07) is 0. The predicted octanol–water partition coefficient (Wildman–Crippen LogP) is 4.39. The Balaban J connectivity index is 2.16. The maximum absolute atomic E-state index is 13.8. The highest BCUT2D eigenvalue weighted by Crippen LogP contribution is 2.60. The molecule has 0 saturated heterocycles. The summed E-state index contributed by atoms with van der Waals surface area (Å²) in [7, 11) is 0. The number of hydrogen-bond acceptors (Lipinski definition) is 4. The Labute approximate surface area is 145 Å². The van der Waals surface area contributed by atoms with E-state index in [1.54, 1.807) is 0 Å². The molecule has 4 nitrogen and oxygen atoms in total. The lowest BCUT2D eigenvalue weighted by atomic mass is 9.54. The average Bonchev–Trinajstić information content (AvgIpc) is 3.06. The monoisotopic (exact) mass is 330 g/mol. The highest BCUT2D eigenvalue weighted by molar-refractivity contribution is 6.13. The quantitative estimate of drug-likeness (QED) is 0.569. The van der Waals surface area contributed by atoms with Crippen LogP contribution in [0.1, 0.15) is 60.3 Å². The van der Waals surface area contributed by atoms with E-state index in [0.717, 1.165) is 19.3 Å². The number of Topliss-reactive ketones (excluding diaryl/α,β-unsaturated/α-hetero) is 2. The van der Waals surface area contributed by atoms with Crippen molar-refractivity contribution in [2.45, 2.75) is 65.8 Å². The molecule has 2 aliphatic carbocycles. The van der Waals surface area contributed by atoms with E-state index in [1.807, 2.05) is 13.8 Å². The number of carbonyl (C=O) groups is 2. The third-order valence-corrected chi connectivity index (χ3v) is 6.64. The third-order valence-electron chi connectivity index (χ3n) is 6.64. The van der Waals surface area contributed by atoms with Gasteiger partial charge in [-0.2, -0.15) is 10.2 Å². The van der Waals surface area contributed by atoms with Crippen LogP contribution < -0.4 is 0 Å². The van der Waals surface area contributed by atoms with Crippen LogP contribution in [0.25, 0.3) is 0 Å². The zero-order chi connectivity index (χ0) is 17.7. The second-order valence-corrected chi connectivity index (χ2v) is 8.70. The van der Waals surface area contributed by atoms with Gasteiger partial charge in [-0.1, -0.05) is 25.5 Å². The fraction of sp³-hybridized carbons (Fsp3) is 0.800. The van der Waals surface area contributed by atoms with Crippen molar-refractivity contribution >= 4 is 11.6 Å². The number of nitrogens with zero attached hydrogens (tertiary/aromatic N) is 2. The van der Waals surface area contributed by atoms with E-state index in [9.17, 15) is 9.59 Å². The third kappa shape index (κ3) is 2.33. The molecule has 0 aromatic carbocycles. The number of ketones is 2. The summed E-state index contributed by atoms with van der Waals surface area (Å²) >= 11 is 0. The number of allylic oxidation sites excluding steroid dienone is 2. The Hall–Kier alpha value is -1.32. The smallest absolute Gasteiger partial charge is 0.176 e. The van der Waals surface area contributed by atoms with Crippen molar-refractivity contribution in [2.75, 3.05) is 6.54 Å². The predicted molar refractivity (Wildman–Crippen MR) is 93.8 cm³/mol. The van der Waals surface area contributed by atoms with Crippen molar-refractivity contribution in [1.29, 1.82) is 0 Å². The van der Waals surface area contributed by atoms with Gasteiger partial charge in [0.2, 0.25) is 0 Å². The highest BCUT2D eigenvalue weighted by atomic mass is 16.2. The van der Waals surface area contributed by atoms with Crippen molar-refractivity contribution < 1.29 is 9.59 Å². The summed E-state index contributed by atoms with van der Waals surface area (Å²) < 4.78 is 0.